The van der Waals surface area contributed by atoms with Crippen LogP contribution in [0.5, 0.6) is 0 Å². The van der Waals surface area contributed by atoms with Crippen molar-refractivity contribution in [3.8, 4) is 0 Å². The van der Waals surface area contributed by atoms with Gasteiger partial charge in [0.15, 0.2) is 0 Å². The van der Waals surface area contributed by atoms with E-state index in [1.807, 2.05) is 6.92 Å². The second-order valence-corrected chi connectivity index (χ2v) is 5.48. The molecule has 1 aliphatic heterocycles. The van der Waals surface area contributed by atoms with Gasteiger partial charge in [-0.25, -0.2) is 0 Å². The van der Waals surface area contributed by atoms with E-state index in [0.717, 1.165) is 25.7 Å². The number of carbonyl (C=O) groups excluding carboxylic acids is 1. The monoisotopic (exact) mass is 255 g/mol. The van der Waals surface area contributed by atoms with E-state index in [0.29, 0.717) is 13.0 Å². The van der Waals surface area contributed by atoms with Gasteiger partial charge in [-0.15, -0.1) is 0 Å². The Morgan fingerprint density at radius 1 is 1.22 bits per heavy atom. The van der Waals surface area contributed by atoms with Gasteiger partial charge >= 0.3 is 5.97 Å². The van der Waals surface area contributed by atoms with Gasteiger partial charge in [0.25, 0.3) is 0 Å². The van der Waals surface area contributed by atoms with Crippen molar-refractivity contribution in [2.45, 2.75) is 51.2 Å². The van der Waals surface area contributed by atoms with Gasteiger partial charge in [-0.2, -0.15) is 0 Å². The third-order valence-electron chi connectivity index (χ3n) is 3.94. The van der Waals surface area contributed by atoms with E-state index in [1.54, 1.807) is 0 Å². The van der Waals surface area contributed by atoms with Crippen LogP contribution in [0, 0.1) is 11.8 Å². The largest absolute Gasteiger partial charge is 0.481 e. The van der Waals surface area contributed by atoms with Crippen molar-refractivity contribution < 1.29 is 19.4 Å². The van der Waals surface area contributed by atoms with Gasteiger partial charge in [0, 0.05) is 6.04 Å². The molecular formula is C13H21NO4. The molecule has 2 fully saturated rings. The van der Waals surface area contributed by atoms with Crippen molar-refractivity contribution >= 4 is 11.9 Å². The van der Waals surface area contributed by atoms with Crippen molar-refractivity contribution in [1.82, 2.24) is 5.32 Å². The van der Waals surface area contributed by atoms with Crippen LogP contribution in [0.3, 0.4) is 0 Å². The first-order valence-corrected chi connectivity index (χ1v) is 6.71. The standard InChI is InChI=1S/C13H21NO4/c1-8-5-10(7-18-8)12(15)14-11-4-2-3-9(6-11)13(16)17/h8-11H,2-7H2,1H3,(H,14,15)(H,16,17). The summed E-state index contributed by atoms with van der Waals surface area (Å²) >= 11 is 0. The number of hydrogen-bond acceptors (Lipinski definition) is 3. The maximum absolute atomic E-state index is 12.0. The lowest BCUT2D eigenvalue weighted by Crippen LogP contribution is -2.42. The van der Waals surface area contributed by atoms with Gasteiger partial charge in [-0.1, -0.05) is 6.42 Å². The van der Waals surface area contributed by atoms with E-state index < -0.39 is 5.97 Å². The second kappa shape index (κ2) is 5.69. The van der Waals surface area contributed by atoms with Gasteiger partial charge in [-0.05, 0) is 32.6 Å². The van der Waals surface area contributed by atoms with Gasteiger partial charge in [0.1, 0.15) is 0 Å². The zero-order chi connectivity index (χ0) is 13.1. The lowest BCUT2D eigenvalue weighted by molar-refractivity contribution is -0.143. The second-order valence-electron chi connectivity index (χ2n) is 5.48. The van der Waals surface area contributed by atoms with E-state index >= 15 is 0 Å². The molecule has 1 saturated heterocycles. The Morgan fingerprint density at radius 3 is 2.61 bits per heavy atom. The highest BCUT2D eigenvalue weighted by molar-refractivity contribution is 5.79. The normalized spacial score (nSPS) is 36.3. The summed E-state index contributed by atoms with van der Waals surface area (Å²) < 4.78 is 5.38. The Hall–Kier alpha value is -1.10. The van der Waals surface area contributed by atoms with E-state index in [-0.39, 0.29) is 29.9 Å². The smallest absolute Gasteiger partial charge is 0.306 e. The fourth-order valence-electron chi connectivity index (χ4n) is 2.86. The zero-order valence-electron chi connectivity index (χ0n) is 10.7. The Kier molecular flexibility index (Phi) is 4.22. The Bertz CT molecular complexity index is 331. The number of nitrogens with one attached hydrogen (secondary N) is 1. The molecule has 18 heavy (non-hydrogen) atoms. The fraction of sp³-hybridized carbons (Fsp3) is 0.846. The minimum absolute atomic E-state index is 0.0169. The van der Waals surface area contributed by atoms with Crippen LogP contribution in [-0.2, 0) is 14.3 Å². The molecule has 0 aromatic carbocycles. The minimum atomic E-state index is -0.744. The first-order chi connectivity index (χ1) is 8.56. The number of aliphatic carboxylic acids is 1. The molecule has 0 aromatic rings. The summed E-state index contributed by atoms with van der Waals surface area (Å²) in [4.78, 5) is 22.9. The molecule has 1 aliphatic carbocycles. The molecule has 4 atom stereocenters. The summed E-state index contributed by atoms with van der Waals surface area (Å²) in [6.07, 6.45) is 3.97. The molecule has 102 valence electrons. The number of carboxylic acids is 1. The highest BCUT2D eigenvalue weighted by Gasteiger charge is 2.32. The molecule has 5 heteroatoms. The summed E-state index contributed by atoms with van der Waals surface area (Å²) in [6.45, 7) is 2.45. The van der Waals surface area contributed by atoms with Gasteiger partial charge in [0.05, 0.1) is 24.5 Å². The van der Waals surface area contributed by atoms with Crippen molar-refractivity contribution in [2.24, 2.45) is 11.8 Å². The van der Waals surface area contributed by atoms with Crippen molar-refractivity contribution in [3.63, 3.8) is 0 Å². The van der Waals surface area contributed by atoms with Crippen LogP contribution in [0.2, 0.25) is 0 Å². The molecule has 2 N–H and O–H groups in total. The Balaban J connectivity index is 1.81. The quantitative estimate of drug-likeness (QED) is 0.793. The van der Waals surface area contributed by atoms with Crippen LogP contribution in [0.1, 0.15) is 39.0 Å². The van der Waals surface area contributed by atoms with Crippen LogP contribution >= 0.6 is 0 Å². The highest BCUT2D eigenvalue weighted by Crippen LogP contribution is 2.25. The summed E-state index contributed by atoms with van der Waals surface area (Å²) in [5.41, 5.74) is 0. The first kappa shape index (κ1) is 13.3. The average molecular weight is 255 g/mol. The molecule has 1 heterocycles. The van der Waals surface area contributed by atoms with E-state index in [1.165, 1.54) is 0 Å². The lowest BCUT2D eigenvalue weighted by atomic mass is 9.85. The maximum atomic E-state index is 12.0. The van der Waals surface area contributed by atoms with Gasteiger partial charge in [-0.3, -0.25) is 9.59 Å². The number of carbonyl (C=O) groups is 2. The number of rotatable bonds is 3. The first-order valence-electron chi connectivity index (χ1n) is 6.71. The Labute approximate surface area is 107 Å². The van der Waals surface area contributed by atoms with Crippen molar-refractivity contribution in [3.05, 3.63) is 0 Å². The summed E-state index contributed by atoms with van der Waals surface area (Å²) in [7, 11) is 0. The Morgan fingerprint density at radius 2 is 2.00 bits per heavy atom. The summed E-state index contributed by atoms with van der Waals surface area (Å²) in [5, 5.41) is 12.0. The molecule has 0 aromatic heterocycles. The van der Waals surface area contributed by atoms with E-state index in [2.05, 4.69) is 5.32 Å². The van der Waals surface area contributed by atoms with E-state index in [4.69, 9.17) is 9.84 Å². The number of carboxylic acid groups (broad SMARTS) is 1. The highest BCUT2D eigenvalue weighted by atomic mass is 16.5. The molecule has 1 saturated carbocycles. The van der Waals surface area contributed by atoms with Crippen molar-refractivity contribution in [1.29, 1.82) is 0 Å². The van der Waals surface area contributed by atoms with Gasteiger partial charge < -0.3 is 15.2 Å². The zero-order valence-corrected chi connectivity index (χ0v) is 10.7. The maximum Gasteiger partial charge on any atom is 0.306 e. The van der Waals surface area contributed by atoms with Crippen molar-refractivity contribution in [2.75, 3.05) is 6.61 Å². The molecule has 0 radical (unpaired) electrons. The number of ether oxygens (including phenoxy) is 1. The SMILES string of the molecule is CC1CC(C(=O)NC2CCCC(C(=O)O)C2)CO1. The molecule has 5 nitrogen and oxygen atoms in total. The van der Waals surface area contributed by atoms with Crippen LogP contribution in [0.15, 0.2) is 0 Å². The molecule has 0 bridgehead atoms. The topological polar surface area (TPSA) is 75.6 Å². The third-order valence-corrected chi connectivity index (χ3v) is 3.94. The number of amides is 1. The van der Waals surface area contributed by atoms with Crippen LogP contribution in [-0.4, -0.2) is 35.7 Å². The molecule has 0 spiro atoms. The lowest BCUT2D eigenvalue weighted by Gasteiger charge is -2.28. The predicted octanol–water partition coefficient (Wildman–Crippen LogP) is 1.17. The summed E-state index contributed by atoms with van der Waals surface area (Å²) in [6, 6.07) is 0.0169. The average Bonchev–Trinajstić information content (AvgIpc) is 2.76. The van der Waals surface area contributed by atoms with Crippen LogP contribution in [0.25, 0.3) is 0 Å². The fourth-order valence-corrected chi connectivity index (χ4v) is 2.86. The van der Waals surface area contributed by atoms with E-state index in [9.17, 15) is 9.59 Å². The van der Waals surface area contributed by atoms with Crippen LogP contribution < -0.4 is 5.32 Å². The van der Waals surface area contributed by atoms with Crippen LogP contribution in [0.4, 0.5) is 0 Å². The number of hydrogen-bond donors (Lipinski definition) is 2. The molecular weight excluding hydrogens is 234 g/mol. The minimum Gasteiger partial charge on any atom is -0.481 e. The molecule has 2 rings (SSSR count). The summed E-state index contributed by atoms with van der Waals surface area (Å²) in [5.74, 6) is -1.09. The van der Waals surface area contributed by atoms with Gasteiger partial charge in [0.2, 0.25) is 5.91 Å². The molecule has 1 amide bonds. The molecule has 2 aliphatic rings. The molecule has 4 unspecified atom stereocenters. The predicted molar refractivity (Wildman–Crippen MR) is 65.0 cm³/mol. The third kappa shape index (κ3) is 3.22.